The van der Waals surface area contributed by atoms with Gasteiger partial charge in [0.1, 0.15) is 16.5 Å². The molecule has 3 N–H and O–H groups in total. The lowest BCUT2D eigenvalue weighted by atomic mass is 10.0. The van der Waals surface area contributed by atoms with Crippen LogP contribution in [0.2, 0.25) is 0 Å². The highest BCUT2D eigenvalue weighted by atomic mass is 32.1. The molecule has 0 fully saturated rings. The van der Waals surface area contributed by atoms with Crippen LogP contribution in [-0.2, 0) is 0 Å². The molecule has 0 saturated carbocycles. The molecule has 0 bridgehead atoms. The monoisotopic (exact) mass is 467 g/mol. The summed E-state index contributed by atoms with van der Waals surface area (Å²) in [4.78, 5) is 31.5. The van der Waals surface area contributed by atoms with Crippen molar-refractivity contribution in [2.75, 3.05) is 5.32 Å². The Morgan fingerprint density at radius 2 is 1.71 bits per heavy atom. The summed E-state index contributed by atoms with van der Waals surface area (Å²) in [7, 11) is 0. The number of pyridine rings is 1. The number of primary amides is 1. The number of rotatable bonds is 5. The van der Waals surface area contributed by atoms with Gasteiger partial charge in [0.2, 0.25) is 0 Å². The van der Waals surface area contributed by atoms with Crippen LogP contribution in [0, 0.1) is 13.8 Å². The van der Waals surface area contributed by atoms with Gasteiger partial charge in [0.05, 0.1) is 16.6 Å². The van der Waals surface area contributed by atoms with Crippen molar-refractivity contribution in [2.45, 2.75) is 13.8 Å². The fraction of sp³-hybridized carbons (Fsp3) is 0.0741. The molecular formula is C27H21N3O3S. The van der Waals surface area contributed by atoms with Crippen LogP contribution >= 0.6 is 11.3 Å². The molecule has 3 aromatic heterocycles. The molecule has 2 amide bonds. The summed E-state index contributed by atoms with van der Waals surface area (Å²) >= 11 is 1.33. The summed E-state index contributed by atoms with van der Waals surface area (Å²) in [5.74, 6) is 0.384. The molecule has 6 nitrogen and oxygen atoms in total. The first-order valence-electron chi connectivity index (χ1n) is 10.7. The van der Waals surface area contributed by atoms with Crippen molar-refractivity contribution < 1.29 is 14.0 Å². The molecule has 5 aromatic rings. The Bertz CT molecular complexity index is 1550. The zero-order chi connectivity index (χ0) is 23.8. The molecule has 0 atom stereocenters. The topological polar surface area (TPSA) is 98.2 Å². The van der Waals surface area contributed by atoms with Crippen LogP contribution in [0.3, 0.4) is 0 Å². The Morgan fingerprint density at radius 1 is 0.971 bits per heavy atom. The number of carbonyl (C=O) groups excluding carboxylic acids is 2. The first-order chi connectivity index (χ1) is 16.4. The van der Waals surface area contributed by atoms with Crippen molar-refractivity contribution in [1.82, 2.24) is 4.98 Å². The summed E-state index contributed by atoms with van der Waals surface area (Å²) in [5, 5.41) is 4.06. The number of nitrogens with zero attached hydrogens (tertiary/aromatic N) is 1. The summed E-state index contributed by atoms with van der Waals surface area (Å²) in [6.07, 6.45) is 0. The minimum Gasteiger partial charge on any atom is -0.460 e. The van der Waals surface area contributed by atoms with E-state index in [1.54, 1.807) is 6.07 Å². The number of hydrogen-bond acceptors (Lipinski definition) is 5. The molecule has 0 saturated heterocycles. The van der Waals surface area contributed by atoms with Gasteiger partial charge in [0, 0.05) is 15.8 Å². The van der Waals surface area contributed by atoms with Crippen molar-refractivity contribution in [3.63, 3.8) is 0 Å². The maximum atomic E-state index is 13.5. The van der Waals surface area contributed by atoms with E-state index in [1.807, 2.05) is 80.6 Å². The summed E-state index contributed by atoms with van der Waals surface area (Å²) in [5.41, 5.74) is 9.33. The second-order valence-electron chi connectivity index (χ2n) is 7.90. The molecule has 34 heavy (non-hydrogen) atoms. The first kappa shape index (κ1) is 21.6. The highest BCUT2D eigenvalue weighted by molar-refractivity contribution is 7.17. The third-order valence-electron chi connectivity index (χ3n) is 5.57. The Balaban J connectivity index is 1.61. The van der Waals surface area contributed by atoms with E-state index in [0.29, 0.717) is 38.5 Å². The molecule has 5 rings (SSSR count). The van der Waals surface area contributed by atoms with Gasteiger partial charge in [-0.1, -0.05) is 48.5 Å². The Kier molecular flexibility index (Phi) is 5.47. The number of anilines is 1. The lowest BCUT2D eigenvalue weighted by molar-refractivity contribution is 0.100. The highest BCUT2D eigenvalue weighted by Crippen LogP contribution is 2.40. The summed E-state index contributed by atoms with van der Waals surface area (Å²) in [6, 6.07) is 22.3. The Morgan fingerprint density at radius 3 is 2.41 bits per heavy atom. The van der Waals surface area contributed by atoms with Crippen LogP contribution < -0.4 is 11.1 Å². The van der Waals surface area contributed by atoms with Gasteiger partial charge in [-0.15, -0.1) is 11.3 Å². The van der Waals surface area contributed by atoms with Gasteiger partial charge in [-0.3, -0.25) is 9.59 Å². The largest absolute Gasteiger partial charge is 0.460 e. The number of aromatic nitrogens is 1. The summed E-state index contributed by atoms with van der Waals surface area (Å²) < 4.78 is 5.74. The molecule has 3 heterocycles. The number of hydrogen-bond donors (Lipinski definition) is 2. The van der Waals surface area contributed by atoms with Gasteiger partial charge in [0.15, 0.2) is 5.76 Å². The number of amides is 2. The standard InChI is InChI=1S/C27H21N3O3S/c1-15-12-13-22(33-15)21-14-19(18-10-6-7-11-20(18)29-21)26(32)30-27-24(25(28)31)23(16(2)34-27)17-8-4-3-5-9-17/h3-14H,1-2H3,(H2,28,31)(H,30,32). The quantitative estimate of drug-likeness (QED) is 0.322. The molecule has 7 heteroatoms. The van der Waals surface area contributed by atoms with Crippen molar-refractivity contribution in [3.05, 3.63) is 94.6 Å². The molecule has 0 spiro atoms. The molecule has 0 unspecified atom stereocenters. The average Bonchev–Trinajstić information content (AvgIpc) is 3.41. The fourth-order valence-corrected chi connectivity index (χ4v) is 5.13. The van der Waals surface area contributed by atoms with Crippen LogP contribution in [0.5, 0.6) is 0 Å². The number of thiophene rings is 1. The minimum absolute atomic E-state index is 0.308. The van der Waals surface area contributed by atoms with Crippen LogP contribution in [0.4, 0.5) is 5.00 Å². The van der Waals surface area contributed by atoms with E-state index in [-0.39, 0.29) is 5.91 Å². The minimum atomic E-state index is -0.593. The average molecular weight is 468 g/mol. The second-order valence-corrected chi connectivity index (χ2v) is 9.13. The number of nitrogens with two attached hydrogens (primary N) is 1. The second kappa shape index (κ2) is 8.61. The van der Waals surface area contributed by atoms with E-state index in [0.717, 1.165) is 21.8 Å². The zero-order valence-corrected chi connectivity index (χ0v) is 19.4. The summed E-state index contributed by atoms with van der Waals surface area (Å²) in [6.45, 7) is 3.77. The maximum absolute atomic E-state index is 13.5. The van der Waals surface area contributed by atoms with Crippen molar-refractivity contribution in [1.29, 1.82) is 0 Å². The van der Waals surface area contributed by atoms with E-state index in [9.17, 15) is 9.59 Å². The van der Waals surface area contributed by atoms with Crippen LogP contribution in [0.15, 0.2) is 77.2 Å². The molecule has 0 aliphatic rings. The zero-order valence-electron chi connectivity index (χ0n) is 18.6. The van der Waals surface area contributed by atoms with E-state index in [2.05, 4.69) is 10.3 Å². The van der Waals surface area contributed by atoms with Gasteiger partial charge >= 0.3 is 0 Å². The van der Waals surface area contributed by atoms with Gasteiger partial charge in [-0.05, 0) is 43.7 Å². The van der Waals surface area contributed by atoms with Gasteiger partial charge in [-0.2, -0.15) is 0 Å². The SMILES string of the molecule is Cc1ccc(-c2cc(C(=O)Nc3sc(C)c(-c4ccccc4)c3C(N)=O)c3ccccc3n2)o1. The van der Waals surface area contributed by atoms with Crippen molar-refractivity contribution >= 4 is 39.1 Å². The number of aryl methyl sites for hydroxylation is 2. The smallest absolute Gasteiger partial charge is 0.257 e. The Hall–Kier alpha value is -4.23. The first-order valence-corrected chi connectivity index (χ1v) is 11.5. The number of para-hydroxylation sites is 1. The van der Waals surface area contributed by atoms with Crippen molar-refractivity contribution in [3.8, 4) is 22.6 Å². The normalized spacial score (nSPS) is 11.0. The third-order valence-corrected chi connectivity index (χ3v) is 6.59. The van der Waals surface area contributed by atoms with E-state index >= 15 is 0 Å². The van der Waals surface area contributed by atoms with Gasteiger partial charge in [0.25, 0.3) is 11.8 Å². The number of nitrogens with one attached hydrogen (secondary N) is 1. The fourth-order valence-electron chi connectivity index (χ4n) is 4.05. The van der Waals surface area contributed by atoms with E-state index in [1.165, 1.54) is 11.3 Å². The molecule has 0 aliphatic carbocycles. The van der Waals surface area contributed by atoms with Gasteiger partial charge in [-0.25, -0.2) is 4.98 Å². The highest BCUT2D eigenvalue weighted by Gasteiger charge is 2.24. The molecular weight excluding hydrogens is 446 g/mol. The predicted molar refractivity (Wildman–Crippen MR) is 135 cm³/mol. The number of benzene rings is 2. The van der Waals surface area contributed by atoms with Crippen molar-refractivity contribution in [2.24, 2.45) is 5.73 Å². The Labute approximate surface area is 200 Å². The van der Waals surface area contributed by atoms with Crippen LogP contribution in [-0.4, -0.2) is 16.8 Å². The lowest BCUT2D eigenvalue weighted by Gasteiger charge is -2.10. The predicted octanol–water partition coefficient (Wildman–Crippen LogP) is 6.19. The molecule has 2 aromatic carbocycles. The molecule has 0 aliphatic heterocycles. The van der Waals surface area contributed by atoms with E-state index < -0.39 is 5.91 Å². The van der Waals surface area contributed by atoms with Gasteiger partial charge < -0.3 is 15.5 Å². The molecule has 0 radical (unpaired) electrons. The molecule has 168 valence electrons. The number of furan rings is 1. The van der Waals surface area contributed by atoms with Crippen LogP contribution in [0.25, 0.3) is 33.5 Å². The number of fused-ring (bicyclic) bond motifs is 1. The van der Waals surface area contributed by atoms with E-state index in [4.69, 9.17) is 10.2 Å². The van der Waals surface area contributed by atoms with Crippen LogP contribution in [0.1, 0.15) is 31.4 Å². The third kappa shape index (κ3) is 3.86. The lowest BCUT2D eigenvalue weighted by Crippen LogP contribution is -2.17. The maximum Gasteiger partial charge on any atom is 0.257 e. The number of carbonyl (C=O) groups is 2.